The van der Waals surface area contributed by atoms with E-state index in [1.807, 2.05) is 6.92 Å². The zero-order valence-corrected chi connectivity index (χ0v) is 14.6. The number of hydrogen-bond donors (Lipinski definition) is 1. The van der Waals surface area contributed by atoms with Crippen LogP contribution in [0.5, 0.6) is 0 Å². The Hall–Kier alpha value is -1.32. The minimum Gasteiger partial charge on any atom is -0.342 e. The van der Waals surface area contributed by atoms with Crippen LogP contribution in [0.2, 0.25) is 0 Å². The number of aryl methyl sites for hydroxylation is 1. The third kappa shape index (κ3) is 4.34. The SMILES string of the molecule is CCCCCCc1c(C)nc(N2CC(C)CC(C)C2)[nH]c1=O. The molecule has 0 aromatic carbocycles. The summed E-state index contributed by atoms with van der Waals surface area (Å²) in [7, 11) is 0. The van der Waals surface area contributed by atoms with Gasteiger partial charge in [0.05, 0.1) is 0 Å². The number of piperidine rings is 1. The van der Waals surface area contributed by atoms with Crippen LogP contribution in [0.3, 0.4) is 0 Å². The zero-order valence-electron chi connectivity index (χ0n) is 14.6. The first-order valence-electron chi connectivity index (χ1n) is 8.86. The van der Waals surface area contributed by atoms with Gasteiger partial charge in [0.25, 0.3) is 5.56 Å². The van der Waals surface area contributed by atoms with Crippen molar-refractivity contribution >= 4 is 5.95 Å². The molecule has 0 aliphatic carbocycles. The monoisotopic (exact) mass is 305 g/mol. The van der Waals surface area contributed by atoms with Gasteiger partial charge in [-0.3, -0.25) is 9.78 Å². The van der Waals surface area contributed by atoms with E-state index in [2.05, 4.69) is 30.7 Å². The lowest BCUT2D eigenvalue weighted by Gasteiger charge is -2.35. The normalized spacial score (nSPS) is 22.1. The highest BCUT2D eigenvalue weighted by molar-refractivity contribution is 5.34. The Morgan fingerprint density at radius 1 is 1.18 bits per heavy atom. The molecule has 2 heterocycles. The smallest absolute Gasteiger partial charge is 0.255 e. The predicted octanol–water partition coefficient (Wildman–Crippen LogP) is 3.68. The summed E-state index contributed by atoms with van der Waals surface area (Å²) in [5.41, 5.74) is 1.84. The Bertz CT molecular complexity index is 528. The summed E-state index contributed by atoms with van der Waals surface area (Å²) in [6.07, 6.45) is 6.84. The molecule has 1 saturated heterocycles. The maximum absolute atomic E-state index is 12.4. The van der Waals surface area contributed by atoms with E-state index in [1.54, 1.807) is 0 Å². The van der Waals surface area contributed by atoms with Crippen molar-refractivity contribution in [2.75, 3.05) is 18.0 Å². The van der Waals surface area contributed by atoms with E-state index in [9.17, 15) is 4.79 Å². The lowest BCUT2D eigenvalue weighted by molar-refractivity contribution is 0.353. The molecule has 0 saturated carbocycles. The molecular formula is C18H31N3O. The molecule has 0 spiro atoms. The lowest BCUT2D eigenvalue weighted by Crippen LogP contribution is -2.40. The molecule has 1 aliphatic heterocycles. The van der Waals surface area contributed by atoms with Gasteiger partial charge in [0.1, 0.15) is 0 Å². The van der Waals surface area contributed by atoms with E-state index >= 15 is 0 Å². The Labute approximate surface area is 134 Å². The second-order valence-electron chi connectivity index (χ2n) is 7.12. The lowest BCUT2D eigenvalue weighted by atomic mass is 9.92. The van der Waals surface area contributed by atoms with E-state index in [0.717, 1.165) is 43.1 Å². The number of nitrogens with one attached hydrogen (secondary N) is 1. The third-order valence-electron chi connectivity index (χ3n) is 4.66. The molecular weight excluding hydrogens is 274 g/mol. The minimum atomic E-state index is 0.0601. The van der Waals surface area contributed by atoms with Gasteiger partial charge in [-0.25, -0.2) is 4.98 Å². The van der Waals surface area contributed by atoms with Gasteiger partial charge in [-0.15, -0.1) is 0 Å². The van der Waals surface area contributed by atoms with E-state index in [-0.39, 0.29) is 5.56 Å². The summed E-state index contributed by atoms with van der Waals surface area (Å²) < 4.78 is 0. The van der Waals surface area contributed by atoms with E-state index in [1.165, 1.54) is 25.7 Å². The van der Waals surface area contributed by atoms with Crippen molar-refractivity contribution < 1.29 is 0 Å². The van der Waals surface area contributed by atoms with Crippen LogP contribution in [0, 0.1) is 18.8 Å². The fourth-order valence-electron chi connectivity index (χ4n) is 3.60. The van der Waals surface area contributed by atoms with Crippen molar-refractivity contribution in [3.05, 3.63) is 21.6 Å². The van der Waals surface area contributed by atoms with Crippen molar-refractivity contribution in [3.63, 3.8) is 0 Å². The van der Waals surface area contributed by atoms with Gasteiger partial charge in [0.2, 0.25) is 5.95 Å². The van der Waals surface area contributed by atoms with Gasteiger partial charge in [-0.1, -0.05) is 40.0 Å². The summed E-state index contributed by atoms with van der Waals surface area (Å²) in [6, 6.07) is 0. The summed E-state index contributed by atoms with van der Waals surface area (Å²) in [5, 5.41) is 0. The molecule has 0 radical (unpaired) electrons. The first-order valence-corrected chi connectivity index (χ1v) is 8.86. The molecule has 1 fully saturated rings. The number of H-pyrrole nitrogens is 1. The standard InChI is InChI=1S/C18H31N3O/c1-5-6-7-8-9-16-15(4)19-18(20-17(16)22)21-11-13(2)10-14(3)12-21/h13-14H,5-12H2,1-4H3,(H,19,20,22). The number of aromatic amines is 1. The number of unbranched alkanes of at least 4 members (excludes halogenated alkanes) is 3. The van der Waals surface area contributed by atoms with Crippen LogP contribution in [0.4, 0.5) is 5.95 Å². The Morgan fingerprint density at radius 3 is 2.45 bits per heavy atom. The van der Waals surface area contributed by atoms with Crippen LogP contribution in [0.25, 0.3) is 0 Å². The molecule has 4 nitrogen and oxygen atoms in total. The molecule has 2 rings (SSSR count). The largest absolute Gasteiger partial charge is 0.342 e. The molecule has 2 unspecified atom stereocenters. The first-order chi connectivity index (χ1) is 10.5. The van der Waals surface area contributed by atoms with Crippen LogP contribution in [-0.2, 0) is 6.42 Å². The average molecular weight is 305 g/mol. The maximum atomic E-state index is 12.4. The number of rotatable bonds is 6. The van der Waals surface area contributed by atoms with Gasteiger partial charge < -0.3 is 4.90 Å². The van der Waals surface area contributed by atoms with Crippen molar-refractivity contribution in [1.82, 2.24) is 9.97 Å². The molecule has 1 aliphatic rings. The molecule has 22 heavy (non-hydrogen) atoms. The number of anilines is 1. The molecule has 124 valence electrons. The summed E-state index contributed by atoms with van der Waals surface area (Å²) >= 11 is 0. The molecule has 0 bridgehead atoms. The van der Waals surface area contributed by atoms with Crippen molar-refractivity contribution in [3.8, 4) is 0 Å². The summed E-state index contributed by atoms with van der Waals surface area (Å²) in [4.78, 5) is 22.4. The highest BCUT2D eigenvalue weighted by Gasteiger charge is 2.24. The van der Waals surface area contributed by atoms with Crippen molar-refractivity contribution in [2.24, 2.45) is 11.8 Å². The highest BCUT2D eigenvalue weighted by atomic mass is 16.1. The maximum Gasteiger partial charge on any atom is 0.255 e. The minimum absolute atomic E-state index is 0.0601. The second kappa shape index (κ2) is 7.80. The topological polar surface area (TPSA) is 49.0 Å². The molecule has 0 amide bonds. The van der Waals surface area contributed by atoms with E-state index < -0.39 is 0 Å². The number of aromatic nitrogens is 2. The van der Waals surface area contributed by atoms with Gasteiger partial charge in [0, 0.05) is 24.3 Å². The Balaban J connectivity index is 2.10. The molecule has 1 aromatic rings. The fraction of sp³-hybridized carbons (Fsp3) is 0.778. The molecule has 4 heteroatoms. The number of hydrogen-bond acceptors (Lipinski definition) is 3. The fourth-order valence-corrected chi connectivity index (χ4v) is 3.60. The van der Waals surface area contributed by atoms with Crippen molar-refractivity contribution in [1.29, 1.82) is 0 Å². The molecule has 2 atom stereocenters. The van der Waals surface area contributed by atoms with Gasteiger partial charge in [-0.05, 0) is 38.0 Å². The van der Waals surface area contributed by atoms with Crippen LogP contribution < -0.4 is 10.5 Å². The average Bonchev–Trinajstić information content (AvgIpc) is 2.44. The number of nitrogens with zero attached hydrogens (tertiary/aromatic N) is 2. The van der Waals surface area contributed by atoms with Gasteiger partial charge >= 0.3 is 0 Å². The summed E-state index contributed by atoms with van der Waals surface area (Å²) in [5.74, 6) is 2.07. The Kier molecular flexibility index (Phi) is 6.04. The van der Waals surface area contributed by atoms with Crippen LogP contribution in [0.1, 0.15) is 64.1 Å². The van der Waals surface area contributed by atoms with Crippen LogP contribution >= 0.6 is 0 Å². The predicted molar refractivity (Wildman–Crippen MR) is 92.6 cm³/mol. The second-order valence-corrected chi connectivity index (χ2v) is 7.12. The Morgan fingerprint density at radius 2 is 1.86 bits per heavy atom. The third-order valence-corrected chi connectivity index (χ3v) is 4.66. The van der Waals surface area contributed by atoms with Crippen molar-refractivity contribution in [2.45, 2.75) is 66.2 Å². The zero-order chi connectivity index (χ0) is 16.1. The van der Waals surface area contributed by atoms with Gasteiger partial charge in [-0.2, -0.15) is 0 Å². The first kappa shape index (κ1) is 17.0. The van der Waals surface area contributed by atoms with Gasteiger partial charge in [0.15, 0.2) is 0 Å². The van der Waals surface area contributed by atoms with Crippen LogP contribution in [-0.4, -0.2) is 23.1 Å². The summed E-state index contributed by atoms with van der Waals surface area (Å²) in [6.45, 7) is 10.7. The quantitative estimate of drug-likeness (QED) is 0.816. The molecule has 1 N–H and O–H groups in total. The van der Waals surface area contributed by atoms with E-state index in [0.29, 0.717) is 11.8 Å². The molecule has 1 aromatic heterocycles. The van der Waals surface area contributed by atoms with Crippen LogP contribution in [0.15, 0.2) is 4.79 Å². The highest BCUT2D eigenvalue weighted by Crippen LogP contribution is 2.23. The van der Waals surface area contributed by atoms with E-state index in [4.69, 9.17) is 4.98 Å².